The second-order valence-electron chi connectivity index (χ2n) is 8.32. The molecule has 0 aliphatic heterocycles. The van der Waals surface area contributed by atoms with Gasteiger partial charge >= 0.3 is 6.01 Å². The second kappa shape index (κ2) is 9.44. The van der Waals surface area contributed by atoms with E-state index >= 15 is 0 Å². The molecule has 5 aromatic rings. The largest absolute Gasteiger partial charge is 0.458 e. The van der Waals surface area contributed by atoms with Crippen molar-refractivity contribution in [2.45, 2.75) is 26.0 Å². The Labute approximate surface area is 201 Å². The zero-order valence-corrected chi connectivity index (χ0v) is 19.7. The normalized spacial score (nSPS) is 11.4. The van der Waals surface area contributed by atoms with E-state index in [0.29, 0.717) is 18.5 Å². The molecule has 0 saturated carbocycles. The highest BCUT2D eigenvalue weighted by molar-refractivity contribution is 7.16. The summed E-state index contributed by atoms with van der Waals surface area (Å²) >= 11 is 1.59. The highest BCUT2D eigenvalue weighted by Crippen LogP contribution is 2.27. The van der Waals surface area contributed by atoms with Gasteiger partial charge < -0.3 is 15.4 Å². The maximum Gasteiger partial charge on any atom is 0.323 e. The molecule has 7 nitrogen and oxygen atoms in total. The van der Waals surface area contributed by atoms with Crippen LogP contribution in [0.3, 0.4) is 0 Å². The number of benzene rings is 3. The van der Waals surface area contributed by atoms with E-state index in [1.807, 2.05) is 72.2 Å². The van der Waals surface area contributed by atoms with Crippen LogP contribution in [0.2, 0.25) is 0 Å². The fourth-order valence-electron chi connectivity index (χ4n) is 3.52. The zero-order chi connectivity index (χ0) is 23.4. The minimum atomic E-state index is -0.405. The van der Waals surface area contributed by atoms with Crippen LogP contribution in [0.25, 0.3) is 10.2 Å². The van der Waals surface area contributed by atoms with Crippen LogP contribution in [-0.4, -0.2) is 19.9 Å². The number of rotatable bonds is 8. The molecule has 0 atom stereocenters. The first kappa shape index (κ1) is 21.8. The van der Waals surface area contributed by atoms with Gasteiger partial charge in [-0.1, -0.05) is 60.7 Å². The predicted octanol–water partition coefficient (Wildman–Crippen LogP) is 6.15. The van der Waals surface area contributed by atoms with E-state index in [9.17, 15) is 0 Å². The van der Waals surface area contributed by atoms with Crippen LogP contribution < -0.4 is 15.4 Å². The number of anilines is 3. The fourth-order valence-corrected chi connectivity index (χ4v) is 4.24. The lowest BCUT2D eigenvalue weighted by Gasteiger charge is -2.27. The first-order chi connectivity index (χ1) is 16.5. The van der Waals surface area contributed by atoms with Gasteiger partial charge in [0.15, 0.2) is 0 Å². The number of thiazole rings is 1. The minimum absolute atomic E-state index is 0.242. The van der Waals surface area contributed by atoms with Gasteiger partial charge in [0, 0.05) is 5.69 Å². The highest BCUT2D eigenvalue weighted by atomic mass is 32.1. The Morgan fingerprint density at radius 1 is 0.853 bits per heavy atom. The summed E-state index contributed by atoms with van der Waals surface area (Å²) in [7, 11) is 0. The maximum atomic E-state index is 5.94. The molecule has 3 aromatic carbocycles. The zero-order valence-electron chi connectivity index (χ0n) is 18.9. The molecule has 5 rings (SSSR count). The van der Waals surface area contributed by atoms with Crippen LogP contribution in [0.15, 0.2) is 84.4 Å². The van der Waals surface area contributed by atoms with Gasteiger partial charge in [0.05, 0.1) is 21.3 Å². The molecule has 0 aliphatic rings. The summed E-state index contributed by atoms with van der Waals surface area (Å²) in [5.41, 5.74) is 5.41. The van der Waals surface area contributed by atoms with Gasteiger partial charge in [0.25, 0.3) is 0 Å². The summed E-state index contributed by atoms with van der Waals surface area (Å²) in [5, 5.41) is 6.72. The highest BCUT2D eigenvalue weighted by Gasteiger charge is 2.22. The van der Waals surface area contributed by atoms with Crippen LogP contribution in [0, 0.1) is 0 Å². The summed E-state index contributed by atoms with van der Waals surface area (Å²) in [6.45, 7) is 4.53. The molecule has 0 radical (unpaired) electrons. The summed E-state index contributed by atoms with van der Waals surface area (Å²) in [6.07, 6.45) is 0. The van der Waals surface area contributed by atoms with E-state index in [0.717, 1.165) is 27.0 Å². The van der Waals surface area contributed by atoms with Gasteiger partial charge in [-0.05, 0) is 43.2 Å². The number of ether oxygens (including phenoxy) is 1. The number of fused-ring (bicyclic) bond motifs is 1. The topological polar surface area (TPSA) is 84.9 Å². The Bertz CT molecular complexity index is 1390. The minimum Gasteiger partial charge on any atom is -0.458 e. The summed E-state index contributed by atoms with van der Waals surface area (Å²) in [5.74, 6) is 0.821. The summed E-state index contributed by atoms with van der Waals surface area (Å²) in [4.78, 5) is 18.0. The number of hydrogen-bond donors (Lipinski definition) is 2. The number of nitrogens with zero attached hydrogens (tertiary/aromatic N) is 4. The van der Waals surface area contributed by atoms with Gasteiger partial charge in [-0.25, -0.2) is 4.98 Å². The number of hydrogen-bond acceptors (Lipinski definition) is 8. The van der Waals surface area contributed by atoms with E-state index in [1.54, 1.807) is 11.3 Å². The number of aromatic nitrogens is 4. The summed E-state index contributed by atoms with van der Waals surface area (Å²) < 4.78 is 7.03. The summed E-state index contributed by atoms with van der Waals surface area (Å²) in [6, 6.07) is 26.3. The van der Waals surface area contributed by atoms with Crippen molar-refractivity contribution in [2.24, 2.45) is 0 Å². The molecule has 0 amide bonds. The molecule has 0 unspecified atom stereocenters. The van der Waals surface area contributed by atoms with Crippen molar-refractivity contribution in [1.29, 1.82) is 0 Å². The lowest BCUT2D eigenvalue weighted by Crippen LogP contribution is -2.29. The molecule has 0 fully saturated rings. The third kappa shape index (κ3) is 5.13. The predicted molar refractivity (Wildman–Crippen MR) is 137 cm³/mol. The van der Waals surface area contributed by atoms with Crippen molar-refractivity contribution < 1.29 is 4.74 Å². The monoisotopic (exact) mass is 468 g/mol. The first-order valence-electron chi connectivity index (χ1n) is 10.9. The van der Waals surface area contributed by atoms with E-state index in [2.05, 4.69) is 56.5 Å². The van der Waals surface area contributed by atoms with E-state index in [1.165, 1.54) is 0 Å². The molecular weight excluding hydrogens is 444 g/mol. The molecule has 2 N–H and O–H groups in total. The van der Waals surface area contributed by atoms with Gasteiger partial charge in [-0.2, -0.15) is 15.0 Å². The standard InChI is InChI=1S/C26H24N6OS/c1-26(2,19-11-7-4-8-12-19)32-24-29-23(28-20-13-14-21-22(15-20)34-17-27-21)30-25(31-24)33-16-18-9-5-3-6-10-18/h3-15,17H,16H2,1-2H3,(H2,28,29,30,31,32). The van der Waals surface area contributed by atoms with Crippen molar-refractivity contribution in [1.82, 2.24) is 19.9 Å². The molecule has 0 saturated heterocycles. The number of nitrogens with one attached hydrogen (secondary N) is 2. The Morgan fingerprint density at radius 3 is 2.38 bits per heavy atom. The third-order valence-corrected chi connectivity index (χ3v) is 6.12. The van der Waals surface area contributed by atoms with Gasteiger partial charge in [0.2, 0.25) is 11.9 Å². The van der Waals surface area contributed by atoms with Crippen LogP contribution in [-0.2, 0) is 12.1 Å². The van der Waals surface area contributed by atoms with Crippen molar-refractivity contribution in [3.8, 4) is 6.01 Å². The van der Waals surface area contributed by atoms with Gasteiger partial charge in [-0.15, -0.1) is 11.3 Å². The Kier molecular flexibility index (Phi) is 6.05. The second-order valence-corrected chi connectivity index (χ2v) is 9.20. The lowest BCUT2D eigenvalue weighted by molar-refractivity contribution is 0.280. The first-order valence-corrected chi connectivity index (χ1v) is 11.8. The Morgan fingerprint density at radius 2 is 1.59 bits per heavy atom. The fraction of sp³-hybridized carbons (Fsp3) is 0.154. The smallest absolute Gasteiger partial charge is 0.323 e. The molecule has 8 heteroatoms. The van der Waals surface area contributed by atoms with Crippen LogP contribution in [0.4, 0.5) is 17.6 Å². The van der Waals surface area contributed by atoms with E-state index < -0.39 is 5.54 Å². The van der Waals surface area contributed by atoms with Crippen LogP contribution >= 0.6 is 11.3 Å². The van der Waals surface area contributed by atoms with Crippen molar-refractivity contribution in [3.63, 3.8) is 0 Å². The SMILES string of the molecule is CC(C)(Nc1nc(Nc2ccc3ncsc3c2)nc(OCc2ccccc2)n1)c1ccccc1. The van der Waals surface area contributed by atoms with Crippen molar-refractivity contribution in [2.75, 3.05) is 10.6 Å². The quantitative estimate of drug-likeness (QED) is 0.282. The molecule has 2 aromatic heterocycles. The Hall–Kier alpha value is -4.04. The maximum absolute atomic E-state index is 5.94. The molecular formula is C26H24N6OS. The molecule has 170 valence electrons. The van der Waals surface area contributed by atoms with Crippen molar-refractivity contribution >= 4 is 39.1 Å². The average molecular weight is 469 g/mol. The van der Waals surface area contributed by atoms with Gasteiger partial charge in [-0.3, -0.25) is 0 Å². The Balaban J connectivity index is 1.44. The van der Waals surface area contributed by atoms with E-state index in [4.69, 9.17) is 4.74 Å². The van der Waals surface area contributed by atoms with Crippen LogP contribution in [0.1, 0.15) is 25.0 Å². The molecule has 34 heavy (non-hydrogen) atoms. The molecule has 0 spiro atoms. The van der Waals surface area contributed by atoms with Crippen molar-refractivity contribution in [3.05, 3.63) is 95.5 Å². The molecule has 0 aliphatic carbocycles. The third-order valence-electron chi connectivity index (χ3n) is 5.33. The molecule has 2 heterocycles. The average Bonchev–Trinajstić information content (AvgIpc) is 3.32. The van der Waals surface area contributed by atoms with Crippen LogP contribution in [0.5, 0.6) is 6.01 Å². The van der Waals surface area contributed by atoms with E-state index in [-0.39, 0.29) is 6.01 Å². The molecule has 0 bridgehead atoms. The van der Waals surface area contributed by atoms with Gasteiger partial charge in [0.1, 0.15) is 6.61 Å². The lowest BCUT2D eigenvalue weighted by atomic mass is 9.95.